The summed E-state index contributed by atoms with van der Waals surface area (Å²) in [6.07, 6.45) is 4.18. The predicted molar refractivity (Wildman–Crippen MR) is 150 cm³/mol. The highest BCUT2D eigenvalue weighted by molar-refractivity contribution is 8.27. The summed E-state index contributed by atoms with van der Waals surface area (Å²) in [5.41, 5.74) is 3.32. The van der Waals surface area contributed by atoms with Gasteiger partial charge in [0.2, 0.25) is 0 Å². The van der Waals surface area contributed by atoms with Crippen molar-refractivity contribution in [2.75, 3.05) is 12.0 Å². The average Bonchev–Trinajstić information content (AvgIpc) is 3.13. The molecule has 0 spiro atoms. The molecular formula is C27H21Cl2NO3S2. The number of hydrogen-bond donors (Lipinski definition) is 0. The number of thioether (sulfide) groups is 1. The Hall–Kier alpha value is -2.77. The highest BCUT2D eigenvalue weighted by atomic mass is 35.5. The van der Waals surface area contributed by atoms with E-state index in [1.54, 1.807) is 37.5 Å². The summed E-state index contributed by atoms with van der Waals surface area (Å²) in [6.45, 7) is 4.27. The number of allylic oxidation sites excluding steroid dienone is 1. The number of benzene rings is 3. The van der Waals surface area contributed by atoms with Gasteiger partial charge in [-0.1, -0.05) is 83.6 Å². The number of methoxy groups -OCH3 is 1. The van der Waals surface area contributed by atoms with E-state index in [1.807, 2.05) is 42.5 Å². The van der Waals surface area contributed by atoms with Crippen LogP contribution >= 0.6 is 47.2 Å². The van der Waals surface area contributed by atoms with Crippen LogP contribution in [0.2, 0.25) is 10.0 Å². The molecule has 1 aliphatic heterocycles. The number of amides is 1. The van der Waals surface area contributed by atoms with E-state index >= 15 is 0 Å². The zero-order valence-corrected chi connectivity index (χ0v) is 21.9. The first kappa shape index (κ1) is 25.3. The smallest absolute Gasteiger partial charge is 0.270 e. The number of anilines is 1. The highest BCUT2D eigenvalue weighted by Crippen LogP contribution is 2.40. The number of carbonyl (C=O) groups excluding carboxylic acids is 1. The van der Waals surface area contributed by atoms with Crippen LogP contribution in [0.3, 0.4) is 0 Å². The molecule has 178 valence electrons. The third-order valence-corrected chi connectivity index (χ3v) is 7.26. The minimum Gasteiger partial charge on any atom is -0.493 e. The molecule has 0 unspecified atom stereocenters. The molecule has 4 rings (SSSR count). The molecule has 0 saturated carbocycles. The van der Waals surface area contributed by atoms with E-state index in [0.717, 1.165) is 16.7 Å². The second-order valence-corrected chi connectivity index (χ2v) is 10.1. The fourth-order valence-corrected chi connectivity index (χ4v) is 5.18. The Balaban J connectivity index is 1.65. The maximum absolute atomic E-state index is 13.2. The lowest BCUT2D eigenvalue weighted by molar-refractivity contribution is -0.113. The molecule has 0 aliphatic carbocycles. The summed E-state index contributed by atoms with van der Waals surface area (Å²) in [6, 6.07) is 18.7. The summed E-state index contributed by atoms with van der Waals surface area (Å²) in [7, 11) is 1.59. The molecule has 1 saturated heterocycles. The van der Waals surface area contributed by atoms with Crippen molar-refractivity contribution in [2.45, 2.75) is 13.0 Å². The van der Waals surface area contributed by atoms with Gasteiger partial charge in [-0.3, -0.25) is 9.69 Å². The Morgan fingerprint density at radius 2 is 1.86 bits per heavy atom. The van der Waals surface area contributed by atoms with Crippen molar-refractivity contribution in [3.05, 3.63) is 105 Å². The van der Waals surface area contributed by atoms with Crippen molar-refractivity contribution in [3.63, 3.8) is 0 Å². The van der Waals surface area contributed by atoms with E-state index in [1.165, 1.54) is 16.7 Å². The third-order valence-electron chi connectivity index (χ3n) is 5.22. The molecule has 35 heavy (non-hydrogen) atoms. The van der Waals surface area contributed by atoms with Gasteiger partial charge >= 0.3 is 0 Å². The van der Waals surface area contributed by atoms with Crippen LogP contribution in [0.25, 0.3) is 6.08 Å². The van der Waals surface area contributed by atoms with Crippen molar-refractivity contribution in [1.29, 1.82) is 0 Å². The number of thiocarbonyl (C=S) groups is 1. The molecule has 0 bridgehead atoms. The lowest BCUT2D eigenvalue weighted by atomic mass is 10.0. The normalized spacial score (nSPS) is 14.5. The highest BCUT2D eigenvalue weighted by Gasteiger charge is 2.33. The van der Waals surface area contributed by atoms with E-state index in [0.29, 0.717) is 49.5 Å². The van der Waals surface area contributed by atoms with Gasteiger partial charge in [-0.15, -0.1) is 6.58 Å². The summed E-state index contributed by atoms with van der Waals surface area (Å²) in [5, 5.41) is 0.764. The van der Waals surface area contributed by atoms with Gasteiger partial charge < -0.3 is 9.47 Å². The monoisotopic (exact) mass is 541 g/mol. The van der Waals surface area contributed by atoms with Crippen LogP contribution in [0.4, 0.5) is 5.69 Å². The van der Waals surface area contributed by atoms with Gasteiger partial charge in [-0.05, 0) is 54.0 Å². The van der Waals surface area contributed by atoms with Gasteiger partial charge in [0, 0.05) is 5.56 Å². The summed E-state index contributed by atoms with van der Waals surface area (Å²) in [4.78, 5) is 15.2. The SMILES string of the molecule is C=CCc1cc(/C=C2/SC(=S)N(c3ccc(Cl)c(Cl)c3)C2=O)cc(OC)c1OCc1ccccc1. The van der Waals surface area contributed by atoms with Gasteiger partial charge in [0.05, 0.1) is 27.7 Å². The molecule has 1 fully saturated rings. The Kier molecular flexibility index (Phi) is 8.19. The number of carbonyl (C=O) groups is 1. The fraction of sp³-hybridized carbons (Fsp3) is 0.111. The second kappa shape index (κ2) is 11.3. The molecule has 1 aliphatic rings. The molecule has 8 heteroatoms. The molecule has 0 N–H and O–H groups in total. The fourth-order valence-electron chi connectivity index (χ4n) is 3.59. The molecule has 0 radical (unpaired) electrons. The van der Waals surface area contributed by atoms with Crippen LogP contribution in [0, 0.1) is 0 Å². The number of ether oxygens (including phenoxy) is 2. The van der Waals surface area contributed by atoms with Gasteiger partial charge in [0.15, 0.2) is 15.8 Å². The zero-order valence-electron chi connectivity index (χ0n) is 18.8. The lowest BCUT2D eigenvalue weighted by Crippen LogP contribution is -2.27. The molecule has 1 heterocycles. The maximum Gasteiger partial charge on any atom is 0.270 e. The van der Waals surface area contributed by atoms with E-state index in [-0.39, 0.29) is 5.91 Å². The maximum atomic E-state index is 13.2. The van der Waals surface area contributed by atoms with E-state index in [2.05, 4.69) is 6.58 Å². The Labute approximate surface area is 224 Å². The number of rotatable bonds is 8. The zero-order chi connectivity index (χ0) is 24.9. The summed E-state index contributed by atoms with van der Waals surface area (Å²) < 4.78 is 12.2. The Bertz CT molecular complexity index is 1330. The third kappa shape index (κ3) is 5.73. The quantitative estimate of drug-likeness (QED) is 0.166. The molecule has 4 nitrogen and oxygen atoms in total. The van der Waals surface area contributed by atoms with Crippen LogP contribution in [0.1, 0.15) is 16.7 Å². The molecule has 3 aromatic carbocycles. The standard InChI is InChI=1S/C27H21Cl2NO3S2/c1-3-7-19-12-18(13-23(32-2)25(19)33-16-17-8-5-4-6-9-17)14-24-26(31)30(27(34)35-24)20-10-11-21(28)22(29)15-20/h3-6,8-15H,1,7,16H2,2H3/b24-14+. The Morgan fingerprint density at radius 3 is 2.54 bits per heavy atom. The minimum absolute atomic E-state index is 0.230. The van der Waals surface area contributed by atoms with Crippen molar-refractivity contribution in [3.8, 4) is 11.5 Å². The predicted octanol–water partition coefficient (Wildman–Crippen LogP) is 7.72. The van der Waals surface area contributed by atoms with Gasteiger partial charge in [0.1, 0.15) is 6.61 Å². The van der Waals surface area contributed by atoms with Crippen LogP contribution in [0.15, 0.2) is 78.2 Å². The summed E-state index contributed by atoms with van der Waals surface area (Å²) >= 11 is 18.9. The van der Waals surface area contributed by atoms with Crippen molar-refractivity contribution >= 4 is 69.2 Å². The van der Waals surface area contributed by atoms with Crippen LogP contribution in [0.5, 0.6) is 11.5 Å². The molecular weight excluding hydrogens is 521 g/mol. The molecule has 0 atom stereocenters. The van der Waals surface area contributed by atoms with Gasteiger partial charge in [0.25, 0.3) is 5.91 Å². The van der Waals surface area contributed by atoms with Crippen molar-refractivity contribution in [2.24, 2.45) is 0 Å². The first-order valence-corrected chi connectivity index (χ1v) is 12.6. The number of halogens is 2. The first-order valence-electron chi connectivity index (χ1n) is 10.6. The van der Waals surface area contributed by atoms with Gasteiger partial charge in [-0.25, -0.2) is 0 Å². The minimum atomic E-state index is -0.230. The van der Waals surface area contributed by atoms with Crippen LogP contribution < -0.4 is 14.4 Å². The van der Waals surface area contributed by atoms with Gasteiger partial charge in [-0.2, -0.15) is 0 Å². The lowest BCUT2D eigenvalue weighted by Gasteiger charge is -2.16. The molecule has 1 amide bonds. The molecule has 3 aromatic rings. The second-order valence-electron chi connectivity index (χ2n) is 7.59. The number of nitrogens with zero attached hydrogens (tertiary/aromatic N) is 1. The largest absolute Gasteiger partial charge is 0.493 e. The van der Waals surface area contributed by atoms with E-state index < -0.39 is 0 Å². The number of hydrogen-bond acceptors (Lipinski definition) is 5. The molecule has 0 aromatic heterocycles. The first-order chi connectivity index (χ1) is 16.9. The topological polar surface area (TPSA) is 38.8 Å². The van der Waals surface area contributed by atoms with Crippen LogP contribution in [-0.4, -0.2) is 17.3 Å². The van der Waals surface area contributed by atoms with E-state index in [4.69, 9.17) is 44.9 Å². The Morgan fingerprint density at radius 1 is 1.09 bits per heavy atom. The van der Waals surface area contributed by atoms with Crippen molar-refractivity contribution < 1.29 is 14.3 Å². The van der Waals surface area contributed by atoms with E-state index in [9.17, 15) is 4.79 Å². The van der Waals surface area contributed by atoms with Crippen molar-refractivity contribution in [1.82, 2.24) is 0 Å². The van der Waals surface area contributed by atoms with Crippen LogP contribution in [-0.2, 0) is 17.8 Å². The average molecular weight is 543 g/mol. The summed E-state index contributed by atoms with van der Waals surface area (Å²) in [5.74, 6) is 0.996.